The maximum atomic E-state index is 6.12. The Labute approximate surface area is 121 Å². The number of hydrogen-bond acceptors (Lipinski definition) is 2. The van der Waals surface area contributed by atoms with Gasteiger partial charge in [-0.3, -0.25) is 0 Å². The Hall–Kier alpha value is -1.28. The van der Waals surface area contributed by atoms with Crippen LogP contribution in [0.25, 0.3) is 11.0 Å². The maximum Gasteiger partial charge on any atom is 0.134 e. The first kappa shape index (κ1) is 13.7. The highest BCUT2D eigenvalue weighted by molar-refractivity contribution is 5.78. The molecule has 20 heavy (non-hydrogen) atoms. The van der Waals surface area contributed by atoms with Crippen LogP contribution in [-0.4, -0.2) is 12.6 Å². The van der Waals surface area contributed by atoms with Crippen molar-refractivity contribution in [1.29, 1.82) is 0 Å². The molecule has 1 fully saturated rings. The highest BCUT2D eigenvalue weighted by atomic mass is 16.3. The fourth-order valence-corrected chi connectivity index (χ4v) is 3.48. The smallest absolute Gasteiger partial charge is 0.134 e. The van der Waals surface area contributed by atoms with Crippen molar-refractivity contribution in [2.24, 2.45) is 0 Å². The minimum absolute atomic E-state index is 0.578. The molecule has 2 atom stereocenters. The van der Waals surface area contributed by atoms with Crippen molar-refractivity contribution in [3.63, 3.8) is 0 Å². The molecular weight excluding hydrogens is 246 g/mol. The van der Waals surface area contributed by atoms with E-state index >= 15 is 0 Å². The minimum atomic E-state index is 0.578. The zero-order valence-electron chi connectivity index (χ0n) is 12.6. The van der Waals surface area contributed by atoms with Gasteiger partial charge in [0.25, 0.3) is 0 Å². The summed E-state index contributed by atoms with van der Waals surface area (Å²) >= 11 is 0. The molecule has 1 N–H and O–H groups in total. The van der Waals surface area contributed by atoms with Crippen molar-refractivity contribution in [3.05, 3.63) is 35.6 Å². The van der Waals surface area contributed by atoms with Gasteiger partial charge in [0.15, 0.2) is 0 Å². The van der Waals surface area contributed by atoms with E-state index in [4.69, 9.17) is 4.42 Å². The van der Waals surface area contributed by atoms with Crippen molar-refractivity contribution < 1.29 is 4.42 Å². The van der Waals surface area contributed by atoms with Crippen LogP contribution in [0, 0.1) is 6.92 Å². The van der Waals surface area contributed by atoms with E-state index in [-0.39, 0.29) is 0 Å². The topological polar surface area (TPSA) is 25.2 Å². The van der Waals surface area contributed by atoms with Crippen LogP contribution in [0.15, 0.2) is 28.7 Å². The largest absolute Gasteiger partial charge is 0.461 e. The van der Waals surface area contributed by atoms with Crippen LogP contribution < -0.4 is 5.32 Å². The molecule has 1 aromatic heterocycles. The molecular formula is C18H25NO. The van der Waals surface area contributed by atoms with E-state index in [1.165, 1.54) is 48.8 Å². The maximum absolute atomic E-state index is 6.12. The lowest BCUT2D eigenvalue weighted by Crippen LogP contribution is -2.29. The summed E-state index contributed by atoms with van der Waals surface area (Å²) in [5.74, 6) is 1.77. The Kier molecular flexibility index (Phi) is 4.11. The molecule has 0 bridgehead atoms. The van der Waals surface area contributed by atoms with Crippen LogP contribution in [0.4, 0.5) is 0 Å². The number of rotatable bonds is 3. The van der Waals surface area contributed by atoms with E-state index in [0.717, 1.165) is 12.1 Å². The SMILES string of the molecule is CCNC1CCCCC(c2cc3cc(C)ccc3o2)C1. The number of benzene rings is 1. The molecule has 2 aromatic rings. The summed E-state index contributed by atoms with van der Waals surface area (Å²) in [6, 6.07) is 9.38. The van der Waals surface area contributed by atoms with Gasteiger partial charge in [0.1, 0.15) is 11.3 Å². The highest BCUT2D eigenvalue weighted by Crippen LogP contribution is 2.35. The number of nitrogens with one attached hydrogen (secondary N) is 1. The number of aryl methyl sites for hydroxylation is 1. The standard InChI is InChI=1S/C18H25NO/c1-3-19-16-7-5-4-6-14(11-16)18-12-15-10-13(2)8-9-17(15)20-18/h8-10,12,14,16,19H,3-7,11H2,1-2H3. The van der Waals surface area contributed by atoms with E-state index in [0.29, 0.717) is 12.0 Å². The van der Waals surface area contributed by atoms with E-state index < -0.39 is 0 Å². The Morgan fingerprint density at radius 2 is 2.05 bits per heavy atom. The molecule has 0 aliphatic heterocycles. The summed E-state index contributed by atoms with van der Waals surface area (Å²) in [5.41, 5.74) is 2.34. The normalized spacial score (nSPS) is 23.9. The average molecular weight is 271 g/mol. The summed E-state index contributed by atoms with van der Waals surface area (Å²) in [6.45, 7) is 5.40. The van der Waals surface area contributed by atoms with E-state index in [1.807, 2.05) is 0 Å². The van der Waals surface area contributed by atoms with Crippen LogP contribution in [-0.2, 0) is 0 Å². The highest BCUT2D eigenvalue weighted by Gasteiger charge is 2.23. The van der Waals surface area contributed by atoms with Gasteiger partial charge in [0, 0.05) is 17.3 Å². The van der Waals surface area contributed by atoms with Crippen LogP contribution in [0.1, 0.15) is 56.3 Å². The summed E-state index contributed by atoms with van der Waals surface area (Å²) in [7, 11) is 0. The Bertz CT molecular complexity index is 572. The van der Waals surface area contributed by atoms with Crippen molar-refractivity contribution in [2.75, 3.05) is 6.54 Å². The number of fused-ring (bicyclic) bond motifs is 1. The van der Waals surface area contributed by atoms with Gasteiger partial charge in [-0.1, -0.05) is 31.4 Å². The Morgan fingerprint density at radius 3 is 2.90 bits per heavy atom. The van der Waals surface area contributed by atoms with Gasteiger partial charge in [0.2, 0.25) is 0 Å². The first-order valence-electron chi connectivity index (χ1n) is 7.99. The predicted octanol–water partition coefficient (Wildman–Crippen LogP) is 4.77. The van der Waals surface area contributed by atoms with Crippen LogP contribution in [0.2, 0.25) is 0 Å². The summed E-state index contributed by atoms with van der Waals surface area (Å²) < 4.78 is 6.12. The second-order valence-corrected chi connectivity index (χ2v) is 6.16. The molecule has 2 heteroatoms. The molecule has 1 aliphatic rings. The lowest BCUT2D eigenvalue weighted by Gasteiger charge is -2.19. The molecule has 1 heterocycles. The van der Waals surface area contributed by atoms with Gasteiger partial charge in [-0.15, -0.1) is 0 Å². The van der Waals surface area contributed by atoms with Crippen LogP contribution >= 0.6 is 0 Å². The van der Waals surface area contributed by atoms with Crippen molar-refractivity contribution in [3.8, 4) is 0 Å². The third-order valence-corrected chi connectivity index (χ3v) is 4.51. The number of furan rings is 1. The van der Waals surface area contributed by atoms with Crippen LogP contribution in [0.3, 0.4) is 0 Å². The second-order valence-electron chi connectivity index (χ2n) is 6.16. The monoisotopic (exact) mass is 271 g/mol. The van der Waals surface area contributed by atoms with Crippen LogP contribution in [0.5, 0.6) is 0 Å². The lowest BCUT2D eigenvalue weighted by molar-refractivity contribution is 0.407. The molecule has 1 saturated carbocycles. The van der Waals surface area contributed by atoms with E-state index in [1.54, 1.807) is 0 Å². The molecule has 0 radical (unpaired) electrons. The predicted molar refractivity (Wildman–Crippen MR) is 84.2 cm³/mol. The van der Waals surface area contributed by atoms with Crippen molar-refractivity contribution in [1.82, 2.24) is 5.32 Å². The zero-order chi connectivity index (χ0) is 13.9. The molecule has 0 saturated heterocycles. The fourth-order valence-electron chi connectivity index (χ4n) is 3.48. The van der Waals surface area contributed by atoms with Crippen molar-refractivity contribution in [2.45, 2.75) is 57.9 Å². The molecule has 0 amide bonds. The lowest BCUT2D eigenvalue weighted by atomic mass is 9.95. The third kappa shape index (κ3) is 2.90. The van der Waals surface area contributed by atoms with E-state index in [2.05, 4.69) is 43.4 Å². The molecule has 0 spiro atoms. The van der Waals surface area contributed by atoms with Gasteiger partial charge in [-0.2, -0.15) is 0 Å². The van der Waals surface area contributed by atoms with Gasteiger partial charge in [-0.25, -0.2) is 0 Å². The quantitative estimate of drug-likeness (QED) is 0.814. The first-order chi connectivity index (χ1) is 9.76. The molecule has 1 aromatic carbocycles. The molecule has 2 nitrogen and oxygen atoms in total. The average Bonchev–Trinajstić information content (AvgIpc) is 2.70. The Balaban J connectivity index is 1.84. The fraction of sp³-hybridized carbons (Fsp3) is 0.556. The minimum Gasteiger partial charge on any atom is -0.461 e. The summed E-state index contributed by atoms with van der Waals surface area (Å²) in [5, 5.41) is 4.88. The summed E-state index contributed by atoms with van der Waals surface area (Å²) in [6.07, 6.45) is 6.45. The Morgan fingerprint density at radius 1 is 1.20 bits per heavy atom. The van der Waals surface area contributed by atoms with Gasteiger partial charge >= 0.3 is 0 Å². The third-order valence-electron chi connectivity index (χ3n) is 4.51. The molecule has 1 aliphatic carbocycles. The zero-order valence-corrected chi connectivity index (χ0v) is 12.6. The second kappa shape index (κ2) is 6.01. The molecule has 3 rings (SSSR count). The number of hydrogen-bond donors (Lipinski definition) is 1. The molecule has 108 valence electrons. The van der Waals surface area contributed by atoms with Gasteiger partial charge < -0.3 is 9.73 Å². The van der Waals surface area contributed by atoms with Gasteiger partial charge in [0.05, 0.1) is 0 Å². The van der Waals surface area contributed by atoms with Crippen molar-refractivity contribution >= 4 is 11.0 Å². The van der Waals surface area contributed by atoms with E-state index in [9.17, 15) is 0 Å². The molecule has 2 unspecified atom stereocenters. The first-order valence-corrected chi connectivity index (χ1v) is 7.99. The summed E-state index contributed by atoms with van der Waals surface area (Å²) in [4.78, 5) is 0. The van der Waals surface area contributed by atoms with Gasteiger partial charge in [-0.05, 0) is 50.9 Å².